The molecule has 4 atom stereocenters. The summed E-state index contributed by atoms with van der Waals surface area (Å²) in [6.45, 7) is -0.353. The number of hydrogen-bond acceptors (Lipinski definition) is 5. The van der Waals surface area contributed by atoms with E-state index in [9.17, 15) is 20.0 Å². The van der Waals surface area contributed by atoms with Crippen molar-refractivity contribution < 1.29 is 19.4 Å². The molecule has 6 heteroatoms. The minimum Gasteiger partial charge on any atom is -0.393 e. The second-order valence-corrected chi connectivity index (χ2v) is 5.70. The van der Waals surface area contributed by atoms with Crippen molar-refractivity contribution in [2.24, 2.45) is 11.8 Å². The first-order valence-corrected chi connectivity index (χ1v) is 6.98. The van der Waals surface area contributed by atoms with E-state index >= 15 is 0 Å². The number of carbonyl (C=O) groups is 2. The topological polar surface area (TPSA) is 90.6 Å². The van der Waals surface area contributed by atoms with Gasteiger partial charge in [0.2, 0.25) is 11.8 Å². The molecule has 1 aromatic rings. The Hall–Kier alpha value is -2.49. The highest BCUT2D eigenvalue weighted by atomic mass is 16.5. The zero-order valence-corrected chi connectivity index (χ0v) is 11.5. The molecule has 0 spiro atoms. The standard InChI is InChI=1S/C16H12N2O4/c17-7-9-3-1-2-4-10(9)18-14(20)12-11-5-6-16(8-19,22-11)13(12)15(18)21/h1-6,11-13,19H,8H2/t11-,12+,13-,16+/m0/s1. The lowest BCUT2D eigenvalue weighted by atomic mass is 9.77. The number of benzene rings is 1. The molecule has 0 unspecified atom stereocenters. The molecular formula is C16H12N2O4. The number of aliphatic hydroxyl groups excluding tert-OH is 1. The van der Waals surface area contributed by atoms with Crippen molar-refractivity contribution in [3.8, 4) is 6.07 Å². The first-order valence-electron chi connectivity index (χ1n) is 6.98. The molecule has 3 heterocycles. The summed E-state index contributed by atoms with van der Waals surface area (Å²) in [5.74, 6) is -2.15. The minimum atomic E-state index is -1.11. The Morgan fingerprint density at radius 3 is 2.82 bits per heavy atom. The molecule has 0 radical (unpaired) electrons. The highest BCUT2D eigenvalue weighted by Crippen LogP contribution is 2.52. The van der Waals surface area contributed by atoms with Gasteiger partial charge in [0.1, 0.15) is 11.7 Å². The van der Waals surface area contributed by atoms with Crippen LogP contribution in [0.15, 0.2) is 36.4 Å². The number of amides is 2. The van der Waals surface area contributed by atoms with Crippen LogP contribution < -0.4 is 4.90 Å². The highest BCUT2D eigenvalue weighted by molar-refractivity contribution is 6.23. The van der Waals surface area contributed by atoms with Crippen molar-refractivity contribution in [1.82, 2.24) is 0 Å². The number of imide groups is 1. The van der Waals surface area contributed by atoms with Crippen LogP contribution in [-0.2, 0) is 14.3 Å². The maximum atomic E-state index is 12.8. The number of fused-ring (bicyclic) bond motifs is 5. The summed E-state index contributed by atoms with van der Waals surface area (Å²) in [5, 5.41) is 18.8. The average Bonchev–Trinajstić information content (AvgIpc) is 3.18. The molecule has 0 saturated carbocycles. The Bertz CT molecular complexity index is 766. The molecule has 110 valence electrons. The summed E-state index contributed by atoms with van der Waals surface area (Å²) in [6, 6.07) is 8.50. The summed E-state index contributed by atoms with van der Waals surface area (Å²) < 4.78 is 5.66. The Morgan fingerprint density at radius 1 is 1.32 bits per heavy atom. The molecule has 2 bridgehead atoms. The molecule has 0 aromatic heterocycles. The molecular weight excluding hydrogens is 284 g/mol. The number of nitrogens with zero attached hydrogens (tertiary/aromatic N) is 2. The van der Waals surface area contributed by atoms with Gasteiger partial charge in [-0.3, -0.25) is 9.59 Å². The number of aliphatic hydroxyl groups is 1. The Balaban J connectivity index is 1.82. The van der Waals surface area contributed by atoms with E-state index in [0.717, 1.165) is 4.90 Å². The van der Waals surface area contributed by atoms with E-state index in [1.165, 1.54) is 0 Å². The van der Waals surface area contributed by atoms with E-state index in [0.29, 0.717) is 5.69 Å². The summed E-state index contributed by atoms with van der Waals surface area (Å²) >= 11 is 0. The molecule has 1 N–H and O–H groups in total. The third-order valence-corrected chi connectivity index (χ3v) is 4.67. The minimum absolute atomic E-state index is 0.267. The van der Waals surface area contributed by atoms with Crippen molar-refractivity contribution in [1.29, 1.82) is 5.26 Å². The van der Waals surface area contributed by atoms with Crippen LogP contribution in [0.25, 0.3) is 0 Å². The van der Waals surface area contributed by atoms with E-state index < -0.39 is 29.4 Å². The van der Waals surface area contributed by atoms with Gasteiger partial charge in [-0.2, -0.15) is 5.26 Å². The number of ether oxygens (including phenoxy) is 1. The van der Waals surface area contributed by atoms with Gasteiger partial charge in [0, 0.05) is 0 Å². The van der Waals surface area contributed by atoms with E-state index in [1.807, 2.05) is 6.07 Å². The SMILES string of the molecule is N#Cc1ccccc1N1C(=O)[C@@H]2[C@@H]3C=C[C@](CO)(O3)[C@@H]2C1=O. The molecule has 6 nitrogen and oxygen atoms in total. The lowest BCUT2D eigenvalue weighted by molar-refractivity contribution is -0.128. The monoisotopic (exact) mass is 296 g/mol. The molecule has 3 aliphatic heterocycles. The summed E-state index contributed by atoms with van der Waals surface area (Å²) in [7, 11) is 0. The fourth-order valence-corrected chi connectivity index (χ4v) is 3.68. The van der Waals surface area contributed by atoms with Crippen LogP contribution >= 0.6 is 0 Å². The summed E-state index contributed by atoms with van der Waals surface area (Å²) in [6.07, 6.45) is 2.90. The Morgan fingerprint density at radius 2 is 2.09 bits per heavy atom. The summed E-state index contributed by atoms with van der Waals surface area (Å²) in [5.41, 5.74) is -0.552. The van der Waals surface area contributed by atoms with E-state index in [4.69, 9.17) is 4.74 Å². The van der Waals surface area contributed by atoms with Gasteiger partial charge in [0.25, 0.3) is 0 Å². The van der Waals surface area contributed by atoms with Crippen LogP contribution in [0, 0.1) is 23.2 Å². The lowest BCUT2D eigenvalue weighted by Crippen LogP contribution is -2.43. The molecule has 1 aromatic carbocycles. The number of rotatable bonds is 2. The number of hydrogen-bond donors (Lipinski definition) is 1. The van der Waals surface area contributed by atoms with Gasteiger partial charge >= 0.3 is 0 Å². The van der Waals surface area contributed by atoms with Gasteiger partial charge in [-0.25, -0.2) is 4.90 Å². The normalized spacial score (nSPS) is 35.1. The largest absolute Gasteiger partial charge is 0.393 e. The van der Waals surface area contributed by atoms with Crippen LogP contribution in [0.4, 0.5) is 5.69 Å². The molecule has 2 fully saturated rings. The molecule has 3 aliphatic rings. The number of carbonyl (C=O) groups excluding carboxylic acids is 2. The number of nitriles is 1. The maximum Gasteiger partial charge on any atom is 0.241 e. The van der Waals surface area contributed by atoms with Gasteiger partial charge in [-0.05, 0) is 12.1 Å². The van der Waals surface area contributed by atoms with Crippen molar-refractivity contribution in [2.45, 2.75) is 11.7 Å². The predicted octanol–water partition coefficient (Wildman–Crippen LogP) is 0.364. The van der Waals surface area contributed by atoms with Crippen LogP contribution in [-0.4, -0.2) is 35.2 Å². The zero-order chi connectivity index (χ0) is 15.5. The zero-order valence-electron chi connectivity index (χ0n) is 11.5. The van der Waals surface area contributed by atoms with Crippen molar-refractivity contribution in [3.63, 3.8) is 0 Å². The second kappa shape index (κ2) is 4.26. The van der Waals surface area contributed by atoms with Crippen LogP contribution in [0.5, 0.6) is 0 Å². The molecule has 0 aliphatic carbocycles. The highest BCUT2D eigenvalue weighted by Gasteiger charge is 2.67. The van der Waals surface area contributed by atoms with Crippen LogP contribution in [0.3, 0.4) is 0 Å². The van der Waals surface area contributed by atoms with E-state index in [2.05, 4.69) is 0 Å². The van der Waals surface area contributed by atoms with Crippen molar-refractivity contribution in [2.75, 3.05) is 11.5 Å². The first kappa shape index (κ1) is 13.2. The summed E-state index contributed by atoms with van der Waals surface area (Å²) in [4.78, 5) is 26.6. The third kappa shape index (κ3) is 1.39. The van der Waals surface area contributed by atoms with Crippen molar-refractivity contribution >= 4 is 17.5 Å². The quantitative estimate of drug-likeness (QED) is 0.628. The van der Waals surface area contributed by atoms with Gasteiger partial charge < -0.3 is 9.84 Å². The predicted molar refractivity (Wildman–Crippen MR) is 74.5 cm³/mol. The van der Waals surface area contributed by atoms with E-state index in [1.54, 1.807) is 36.4 Å². The first-order chi connectivity index (χ1) is 10.6. The fourth-order valence-electron chi connectivity index (χ4n) is 3.68. The number of para-hydroxylation sites is 1. The van der Waals surface area contributed by atoms with Gasteiger partial charge in [0.05, 0.1) is 35.8 Å². The maximum absolute atomic E-state index is 12.8. The Kier molecular flexibility index (Phi) is 2.55. The van der Waals surface area contributed by atoms with Crippen molar-refractivity contribution in [3.05, 3.63) is 42.0 Å². The lowest BCUT2D eigenvalue weighted by Gasteiger charge is -2.26. The Labute approximate surface area is 126 Å². The van der Waals surface area contributed by atoms with Gasteiger partial charge in [-0.1, -0.05) is 24.3 Å². The van der Waals surface area contributed by atoms with E-state index in [-0.39, 0.29) is 18.1 Å². The fraction of sp³-hybridized carbons (Fsp3) is 0.312. The molecule has 22 heavy (non-hydrogen) atoms. The number of anilines is 1. The molecule has 2 amide bonds. The molecule has 4 rings (SSSR count). The smallest absolute Gasteiger partial charge is 0.241 e. The van der Waals surface area contributed by atoms with Crippen LogP contribution in [0.1, 0.15) is 5.56 Å². The average molecular weight is 296 g/mol. The van der Waals surface area contributed by atoms with Gasteiger partial charge in [-0.15, -0.1) is 0 Å². The second-order valence-electron chi connectivity index (χ2n) is 5.70. The third-order valence-electron chi connectivity index (χ3n) is 4.67. The molecule has 2 saturated heterocycles. The van der Waals surface area contributed by atoms with Gasteiger partial charge in [0.15, 0.2) is 0 Å². The van der Waals surface area contributed by atoms with Crippen LogP contribution in [0.2, 0.25) is 0 Å².